The number of carboxylic acids is 1. The first-order valence-electron chi connectivity index (χ1n) is 5.86. The maximum Gasteiger partial charge on any atom is 0.303 e. The summed E-state index contributed by atoms with van der Waals surface area (Å²) >= 11 is 0. The van der Waals surface area contributed by atoms with Crippen LogP contribution in [0.3, 0.4) is 0 Å². The lowest BCUT2D eigenvalue weighted by atomic mass is 10.1. The number of unbranched alkanes of at least 4 members (excludes halogenated alkanes) is 4. The molecule has 0 aliphatic carbocycles. The van der Waals surface area contributed by atoms with Crippen molar-refractivity contribution in [1.29, 1.82) is 0 Å². The van der Waals surface area contributed by atoms with Gasteiger partial charge in [0.15, 0.2) is 0 Å². The third kappa shape index (κ3) is 10.9. The number of rotatable bonds is 11. The molecule has 0 aromatic rings. The summed E-state index contributed by atoms with van der Waals surface area (Å²) in [5, 5.41) is 16.9. The molecule has 0 spiro atoms. The second-order valence-corrected chi connectivity index (χ2v) is 3.83. The van der Waals surface area contributed by atoms with Gasteiger partial charge in [0.05, 0.1) is 0 Å². The maximum atomic E-state index is 10.2. The van der Waals surface area contributed by atoms with Crippen molar-refractivity contribution in [3.63, 3.8) is 0 Å². The molecule has 0 fully saturated rings. The molecule has 0 saturated heterocycles. The van der Waals surface area contributed by atoms with Crippen LogP contribution >= 0.6 is 0 Å². The molecule has 2 N–H and O–H groups in total. The zero-order valence-corrected chi connectivity index (χ0v) is 9.93. The molecule has 17 heavy (non-hydrogen) atoms. The van der Waals surface area contributed by atoms with Gasteiger partial charge in [0.2, 0.25) is 0 Å². The lowest BCUT2D eigenvalue weighted by Gasteiger charge is -2.03. The third-order valence-corrected chi connectivity index (χ3v) is 2.37. The van der Waals surface area contributed by atoms with Crippen LogP contribution in [0, 0.1) is 0 Å². The molecule has 0 aliphatic rings. The Balaban J connectivity index is 3.42. The first-order valence-corrected chi connectivity index (χ1v) is 5.86. The Bertz CT molecular complexity index is 247. The second kappa shape index (κ2) is 11.1. The summed E-state index contributed by atoms with van der Waals surface area (Å²) < 4.78 is 0. The smallest absolute Gasteiger partial charge is 0.303 e. The molecule has 0 atom stereocenters. The van der Waals surface area contributed by atoms with Crippen LogP contribution in [0.1, 0.15) is 51.4 Å². The van der Waals surface area contributed by atoms with Crippen LogP contribution in [0.25, 0.3) is 0 Å². The highest BCUT2D eigenvalue weighted by atomic mass is 17.1. The minimum Gasteiger partial charge on any atom is -0.481 e. The molecule has 0 saturated carbocycles. The normalized spacial score (nSPS) is 11.2. The molecule has 0 aromatic heterocycles. The average Bonchev–Trinajstić information content (AvgIpc) is 2.31. The standard InChI is InChI=1S/C12H20O5/c13-10-6-8-11(17-16)7-4-2-1-3-5-9-12(14)15/h8,10,16H,1-7,9H2,(H,14,15). The van der Waals surface area contributed by atoms with Gasteiger partial charge >= 0.3 is 5.97 Å². The van der Waals surface area contributed by atoms with Crippen molar-refractivity contribution in [2.45, 2.75) is 51.4 Å². The number of hydrogen-bond acceptors (Lipinski definition) is 4. The van der Waals surface area contributed by atoms with Gasteiger partial charge in [0, 0.05) is 19.3 Å². The summed E-state index contributed by atoms with van der Waals surface area (Å²) in [6.45, 7) is 0. The Morgan fingerprint density at radius 1 is 1.06 bits per heavy atom. The number of aliphatic carboxylic acids is 1. The molecule has 5 nitrogen and oxygen atoms in total. The van der Waals surface area contributed by atoms with Gasteiger partial charge in [-0.05, 0) is 18.9 Å². The summed E-state index contributed by atoms with van der Waals surface area (Å²) in [7, 11) is 0. The van der Waals surface area contributed by atoms with Crippen molar-refractivity contribution < 1.29 is 24.8 Å². The van der Waals surface area contributed by atoms with Crippen LogP contribution in [-0.4, -0.2) is 22.6 Å². The van der Waals surface area contributed by atoms with Crippen molar-refractivity contribution in [2.75, 3.05) is 0 Å². The Morgan fingerprint density at radius 3 is 2.18 bits per heavy atom. The molecule has 0 unspecified atom stereocenters. The highest BCUT2D eigenvalue weighted by Gasteiger charge is 1.99. The molecular weight excluding hydrogens is 224 g/mol. The molecule has 0 heterocycles. The highest BCUT2D eigenvalue weighted by Crippen LogP contribution is 2.12. The highest BCUT2D eigenvalue weighted by molar-refractivity contribution is 5.66. The zero-order chi connectivity index (χ0) is 12.9. The maximum absolute atomic E-state index is 10.2. The number of carbonyl (C=O) groups is 2. The van der Waals surface area contributed by atoms with Gasteiger partial charge in [-0.2, -0.15) is 0 Å². The first-order chi connectivity index (χ1) is 8.20. The van der Waals surface area contributed by atoms with Crippen LogP contribution in [-0.2, 0) is 14.5 Å². The predicted molar refractivity (Wildman–Crippen MR) is 62.4 cm³/mol. The molecule has 0 aliphatic heterocycles. The number of aldehydes is 1. The number of carbonyl (C=O) groups excluding carboxylic acids is 1. The first kappa shape index (κ1) is 15.6. The second-order valence-electron chi connectivity index (χ2n) is 3.83. The fourth-order valence-electron chi connectivity index (χ4n) is 1.47. The Kier molecular flexibility index (Phi) is 10.2. The molecule has 98 valence electrons. The third-order valence-electron chi connectivity index (χ3n) is 2.37. The molecule has 0 radical (unpaired) electrons. The minimum absolute atomic E-state index is 0.226. The lowest BCUT2D eigenvalue weighted by Crippen LogP contribution is -1.93. The fourth-order valence-corrected chi connectivity index (χ4v) is 1.47. The van der Waals surface area contributed by atoms with Crippen molar-refractivity contribution in [1.82, 2.24) is 0 Å². The number of hydrogen-bond donors (Lipinski definition) is 2. The minimum atomic E-state index is -0.752. The van der Waals surface area contributed by atoms with Gasteiger partial charge in [-0.25, -0.2) is 5.26 Å². The Hall–Kier alpha value is -1.36. The van der Waals surface area contributed by atoms with E-state index in [1.54, 1.807) is 6.08 Å². The lowest BCUT2D eigenvalue weighted by molar-refractivity contribution is -0.206. The van der Waals surface area contributed by atoms with Gasteiger partial charge in [-0.1, -0.05) is 19.3 Å². The predicted octanol–water partition coefficient (Wildman–Crippen LogP) is 2.76. The SMILES string of the molecule is O=CCC=C(CCCCCCCC(=O)O)OO. The van der Waals surface area contributed by atoms with Crippen LogP contribution in [0.15, 0.2) is 11.8 Å². The van der Waals surface area contributed by atoms with E-state index in [-0.39, 0.29) is 12.8 Å². The Labute approximate surface area is 101 Å². The fraction of sp³-hybridized carbons (Fsp3) is 0.667. The van der Waals surface area contributed by atoms with Gasteiger partial charge < -0.3 is 14.8 Å². The molecule has 0 amide bonds. The number of allylic oxidation sites excluding steroid dienone is 2. The van der Waals surface area contributed by atoms with Crippen molar-refractivity contribution >= 4 is 12.3 Å². The summed E-state index contributed by atoms with van der Waals surface area (Å²) in [5.41, 5.74) is 0. The van der Waals surface area contributed by atoms with Crippen molar-refractivity contribution in [3.8, 4) is 0 Å². The van der Waals surface area contributed by atoms with E-state index in [0.717, 1.165) is 32.0 Å². The van der Waals surface area contributed by atoms with Crippen LogP contribution < -0.4 is 0 Å². The van der Waals surface area contributed by atoms with Gasteiger partial charge in [-0.3, -0.25) is 4.79 Å². The van der Waals surface area contributed by atoms with E-state index in [2.05, 4.69) is 4.89 Å². The van der Waals surface area contributed by atoms with Gasteiger partial charge in [0.25, 0.3) is 0 Å². The molecular formula is C12H20O5. The topological polar surface area (TPSA) is 83.8 Å². The average molecular weight is 244 g/mol. The number of carboxylic acid groups (broad SMARTS) is 1. The van der Waals surface area contributed by atoms with Gasteiger partial charge in [-0.15, -0.1) is 0 Å². The summed E-state index contributed by atoms with van der Waals surface area (Å²) in [4.78, 5) is 24.5. The monoisotopic (exact) mass is 244 g/mol. The van der Waals surface area contributed by atoms with Crippen LogP contribution in [0.5, 0.6) is 0 Å². The van der Waals surface area contributed by atoms with E-state index < -0.39 is 5.97 Å². The van der Waals surface area contributed by atoms with Crippen molar-refractivity contribution in [2.24, 2.45) is 0 Å². The van der Waals surface area contributed by atoms with E-state index in [4.69, 9.17) is 10.4 Å². The molecule has 0 bridgehead atoms. The zero-order valence-electron chi connectivity index (χ0n) is 9.93. The van der Waals surface area contributed by atoms with E-state index in [0.29, 0.717) is 18.6 Å². The largest absolute Gasteiger partial charge is 0.481 e. The van der Waals surface area contributed by atoms with Gasteiger partial charge in [0.1, 0.15) is 12.0 Å². The molecule has 0 rings (SSSR count). The summed E-state index contributed by atoms with van der Waals surface area (Å²) in [6, 6.07) is 0. The summed E-state index contributed by atoms with van der Waals surface area (Å²) in [5.74, 6) is -0.333. The molecule has 5 heteroatoms. The van der Waals surface area contributed by atoms with E-state index in [1.807, 2.05) is 0 Å². The van der Waals surface area contributed by atoms with Crippen LogP contribution in [0.4, 0.5) is 0 Å². The van der Waals surface area contributed by atoms with E-state index in [1.165, 1.54) is 0 Å². The summed E-state index contributed by atoms with van der Waals surface area (Å²) in [6.07, 6.45) is 7.77. The Morgan fingerprint density at radius 2 is 1.65 bits per heavy atom. The quantitative estimate of drug-likeness (QED) is 0.192. The van der Waals surface area contributed by atoms with Crippen LogP contribution in [0.2, 0.25) is 0 Å². The van der Waals surface area contributed by atoms with E-state index >= 15 is 0 Å². The van der Waals surface area contributed by atoms with Crippen molar-refractivity contribution in [3.05, 3.63) is 11.8 Å². The van der Waals surface area contributed by atoms with E-state index in [9.17, 15) is 9.59 Å². The molecule has 0 aromatic carbocycles.